The van der Waals surface area contributed by atoms with Gasteiger partial charge in [-0.3, -0.25) is 24.6 Å². The Kier molecular flexibility index (Phi) is 7.35. The average molecular weight is 560 g/mol. The first-order chi connectivity index (χ1) is 16.3. The van der Waals surface area contributed by atoms with Crippen LogP contribution in [0.1, 0.15) is 16.7 Å². The minimum Gasteiger partial charge on any atom is -0.488 e. The molecule has 1 aliphatic heterocycles. The number of amides is 2. The number of halogens is 2. The van der Waals surface area contributed by atoms with Crippen molar-refractivity contribution in [1.29, 1.82) is 0 Å². The summed E-state index contributed by atoms with van der Waals surface area (Å²) < 4.78 is 6.70. The quantitative estimate of drug-likeness (QED) is 0.179. The van der Waals surface area contributed by atoms with Crippen molar-refractivity contribution in [1.82, 2.24) is 4.90 Å². The van der Waals surface area contributed by atoms with E-state index in [9.17, 15) is 19.7 Å². The van der Waals surface area contributed by atoms with Gasteiger partial charge in [0.25, 0.3) is 16.8 Å². The number of benzene rings is 3. The fraction of sp³-hybridized carbons (Fsp3) is 0.0833. The molecule has 0 spiro atoms. The van der Waals surface area contributed by atoms with Gasteiger partial charge in [0, 0.05) is 27.2 Å². The van der Waals surface area contributed by atoms with Crippen LogP contribution in [-0.4, -0.2) is 21.0 Å². The predicted octanol–water partition coefficient (Wildman–Crippen LogP) is 6.83. The molecule has 4 rings (SSSR count). The van der Waals surface area contributed by atoms with Crippen molar-refractivity contribution in [3.05, 3.63) is 108 Å². The highest BCUT2D eigenvalue weighted by atomic mass is 79.9. The Morgan fingerprint density at radius 1 is 1.03 bits per heavy atom. The van der Waals surface area contributed by atoms with Crippen LogP contribution in [0.2, 0.25) is 5.02 Å². The van der Waals surface area contributed by atoms with Crippen molar-refractivity contribution in [2.24, 2.45) is 0 Å². The maximum atomic E-state index is 12.9. The van der Waals surface area contributed by atoms with Gasteiger partial charge < -0.3 is 4.74 Å². The summed E-state index contributed by atoms with van der Waals surface area (Å²) in [5, 5.41) is 11.0. The maximum absolute atomic E-state index is 12.9. The number of nitro benzene ring substituents is 1. The third kappa shape index (κ3) is 5.67. The lowest BCUT2D eigenvalue weighted by Crippen LogP contribution is -2.27. The number of nitro groups is 1. The number of hydrogen-bond acceptors (Lipinski definition) is 6. The molecule has 0 N–H and O–H groups in total. The zero-order chi connectivity index (χ0) is 24.2. The first-order valence-electron chi connectivity index (χ1n) is 9.95. The Hall–Kier alpha value is -3.14. The second-order valence-corrected chi connectivity index (χ2v) is 9.63. The Labute approximate surface area is 212 Å². The summed E-state index contributed by atoms with van der Waals surface area (Å²) in [5.74, 6) is 0.122. The Morgan fingerprint density at radius 2 is 1.71 bits per heavy atom. The molecule has 0 atom stereocenters. The highest BCUT2D eigenvalue weighted by Crippen LogP contribution is 2.36. The topological polar surface area (TPSA) is 89.7 Å². The largest absolute Gasteiger partial charge is 0.488 e. The van der Waals surface area contributed by atoms with E-state index in [-0.39, 0.29) is 34.9 Å². The summed E-state index contributed by atoms with van der Waals surface area (Å²) in [7, 11) is 0. The normalized spacial score (nSPS) is 14.6. The summed E-state index contributed by atoms with van der Waals surface area (Å²) in [5.41, 5.74) is 2.17. The number of imide groups is 1. The number of non-ortho nitro benzene ring substituents is 1. The van der Waals surface area contributed by atoms with Crippen molar-refractivity contribution in [3.63, 3.8) is 0 Å². The summed E-state index contributed by atoms with van der Waals surface area (Å²) >= 11 is 10.2. The Bertz CT molecular complexity index is 1300. The Balaban J connectivity index is 1.52. The van der Waals surface area contributed by atoms with Crippen LogP contribution in [0.3, 0.4) is 0 Å². The molecule has 7 nitrogen and oxygen atoms in total. The number of thioether (sulfide) groups is 1. The van der Waals surface area contributed by atoms with Crippen LogP contribution >= 0.6 is 39.3 Å². The molecule has 34 heavy (non-hydrogen) atoms. The summed E-state index contributed by atoms with van der Waals surface area (Å²) in [4.78, 5) is 37.3. The number of nitrogens with zero attached hydrogens (tertiary/aromatic N) is 2. The van der Waals surface area contributed by atoms with Crippen molar-refractivity contribution in [3.8, 4) is 5.75 Å². The molecule has 0 saturated carbocycles. The van der Waals surface area contributed by atoms with E-state index in [0.717, 1.165) is 27.4 Å². The van der Waals surface area contributed by atoms with Crippen molar-refractivity contribution in [2.75, 3.05) is 0 Å². The van der Waals surface area contributed by atoms with Crippen LogP contribution in [0.4, 0.5) is 10.5 Å². The molecule has 0 aliphatic carbocycles. The summed E-state index contributed by atoms with van der Waals surface area (Å²) in [6.45, 7) is 0.333. The molecule has 0 unspecified atom stereocenters. The van der Waals surface area contributed by atoms with E-state index < -0.39 is 4.92 Å². The lowest BCUT2D eigenvalue weighted by atomic mass is 10.1. The van der Waals surface area contributed by atoms with Crippen LogP contribution in [0.5, 0.6) is 5.75 Å². The molecule has 172 valence electrons. The third-order valence-electron chi connectivity index (χ3n) is 4.93. The molecular formula is C24H16BrClN2O5S. The number of hydrogen-bond donors (Lipinski definition) is 0. The second-order valence-electron chi connectivity index (χ2n) is 7.29. The molecule has 2 amide bonds. The number of ether oxygens (including phenoxy) is 1. The molecule has 1 aliphatic rings. The van der Waals surface area contributed by atoms with Gasteiger partial charge in [-0.2, -0.15) is 0 Å². The zero-order valence-corrected chi connectivity index (χ0v) is 20.6. The lowest BCUT2D eigenvalue weighted by molar-refractivity contribution is -0.384. The SMILES string of the molecule is O=C1S/C(=C\c2cc(Br)ccc2OCc2ccc([N+](=O)[O-])cc2)C(=O)N1Cc1ccc(Cl)cc1. The Morgan fingerprint density at radius 3 is 2.38 bits per heavy atom. The van der Waals surface area contributed by atoms with Crippen LogP contribution in [0.25, 0.3) is 6.08 Å². The maximum Gasteiger partial charge on any atom is 0.293 e. The molecular weight excluding hydrogens is 544 g/mol. The van der Waals surface area contributed by atoms with Gasteiger partial charge in [-0.15, -0.1) is 0 Å². The summed E-state index contributed by atoms with van der Waals surface area (Å²) in [6.07, 6.45) is 1.63. The number of rotatable bonds is 7. The van der Waals surface area contributed by atoms with E-state index in [1.54, 1.807) is 60.7 Å². The van der Waals surface area contributed by atoms with Crippen LogP contribution in [0, 0.1) is 10.1 Å². The van der Waals surface area contributed by atoms with Crippen molar-refractivity contribution < 1.29 is 19.2 Å². The van der Waals surface area contributed by atoms with E-state index in [2.05, 4.69) is 15.9 Å². The molecule has 0 aromatic heterocycles. The zero-order valence-electron chi connectivity index (χ0n) is 17.4. The molecule has 3 aromatic rings. The monoisotopic (exact) mass is 558 g/mol. The van der Waals surface area contributed by atoms with E-state index in [4.69, 9.17) is 16.3 Å². The number of carbonyl (C=O) groups is 2. The van der Waals surface area contributed by atoms with Gasteiger partial charge in [-0.1, -0.05) is 39.7 Å². The summed E-state index contributed by atoms with van der Waals surface area (Å²) in [6, 6.07) is 18.4. The number of carbonyl (C=O) groups excluding carboxylic acids is 2. The highest BCUT2D eigenvalue weighted by molar-refractivity contribution is 9.10. The predicted molar refractivity (Wildman–Crippen MR) is 135 cm³/mol. The molecule has 1 fully saturated rings. The standard InChI is InChI=1S/C24H16BrClN2O5S/c25-18-5-10-21(33-14-16-3-8-20(9-4-16)28(31)32)17(11-18)12-22-23(29)27(24(30)34-22)13-15-1-6-19(26)7-2-15/h1-12H,13-14H2/b22-12-. The lowest BCUT2D eigenvalue weighted by Gasteiger charge is -2.12. The van der Waals surface area contributed by atoms with E-state index >= 15 is 0 Å². The van der Waals surface area contributed by atoms with Crippen LogP contribution in [0.15, 0.2) is 76.1 Å². The first-order valence-corrected chi connectivity index (χ1v) is 11.9. The fourth-order valence-corrected chi connectivity index (χ4v) is 4.52. The van der Waals surface area contributed by atoms with Crippen molar-refractivity contribution in [2.45, 2.75) is 13.2 Å². The van der Waals surface area contributed by atoms with E-state index in [0.29, 0.717) is 16.3 Å². The van der Waals surface area contributed by atoms with Gasteiger partial charge in [0.05, 0.1) is 16.4 Å². The first kappa shape index (κ1) is 24.0. The molecule has 1 heterocycles. The van der Waals surface area contributed by atoms with Gasteiger partial charge in [0.2, 0.25) is 0 Å². The smallest absolute Gasteiger partial charge is 0.293 e. The molecule has 0 radical (unpaired) electrons. The van der Waals surface area contributed by atoms with Gasteiger partial charge in [0.1, 0.15) is 12.4 Å². The van der Waals surface area contributed by atoms with Gasteiger partial charge in [-0.25, -0.2) is 0 Å². The van der Waals surface area contributed by atoms with Crippen LogP contribution < -0.4 is 4.74 Å². The van der Waals surface area contributed by atoms with Gasteiger partial charge >= 0.3 is 0 Å². The van der Waals surface area contributed by atoms with Crippen molar-refractivity contribution >= 4 is 62.2 Å². The van der Waals surface area contributed by atoms with Crippen LogP contribution in [-0.2, 0) is 17.9 Å². The molecule has 0 bridgehead atoms. The average Bonchev–Trinajstić information content (AvgIpc) is 3.07. The van der Waals surface area contributed by atoms with Gasteiger partial charge in [0.15, 0.2) is 0 Å². The van der Waals surface area contributed by atoms with E-state index in [1.807, 2.05) is 0 Å². The van der Waals surface area contributed by atoms with E-state index in [1.165, 1.54) is 17.0 Å². The highest BCUT2D eigenvalue weighted by Gasteiger charge is 2.35. The second kappa shape index (κ2) is 10.4. The minimum atomic E-state index is -0.461. The molecule has 10 heteroatoms. The fourth-order valence-electron chi connectivity index (χ4n) is 3.19. The molecule has 1 saturated heterocycles. The van der Waals surface area contributed by atoms with Gasteiger partial charge in [-0.05, 0) is 71.4 Å². The minimum absolute atomic E-state index is 0.00223. The third-order valence-corrected chi connectivity index (χ3v) is 6.58. The molecule has 3 aromatic carbocycles.